The molecule has 0 unspecified atom stereocenters. The van der Waals surface area contributed by atoms with Gasteiger partial charge in [0.05, 0.1) is 12.7 Å². The summed E-state index contributed by atoms with van der Waals surface area (Å²) >= 11 is 0. The molecule has 0 radical (unpaired) electrons. The molecule has 0 saturated carbocycles. The minimum Gasteiger partial charge on any atom is -0.508 e. The Hall–Kier alpha value is -2.11. The summed E-state index contributed by atoms with van der Waals surface area (Å²) in [5, 5.41) is 29.7. The van der Waals surface area contributed by atoms with Gasteiger partial charge in [-0.3, -0.25) is 0 Å². The lowest BCUT2D eigenvalue weighted by Gasteiger charge is -2.23. The second-order valence-electron chi connectivity index (χ2n) is 5.70. The Bertz CT molecular complexity index is 579. The molecule has 3 atom stereocenters. The summed E-state index contributed by atoms with van der Waals surface area (Å²) in [6, 6.07) is 6.88. The van der Waals surface area contributed by atoms with Crippen LogP contribution in [0.1, 0.15) is 32.3 Å². The number of allylic oxidation sites excluding steroid dienone is 1. The third-order valence-corrected chi connectivity index (χ3v) is 3.73. The summed E-state index contributed by atoms with van der Waals surface area (Å²) < 4.78 is 4.77. The molecular formula is C19H26O5. The van der Waals surface area contributed by atoms with E-state index in [4.69, 9.17) is 4.74 Å². The Kier molecular flexibility index (Phi) is 8.22. The van der Waals surface area contributed by atoms with Gasteiger partial charge >= 0.3 is 5.97 Å². The minimum absolute atomic E-state index is 0.168. The van der Waals surface area contributed by atoms with Gasteiger partial charge in [-0.05, 0) is 44.4 Å². The van der Waals surface area contributed by atoms with Gasteiger partial charge in [0.25, 0.3) is 0 Å². The summed E-state index contributed by atoms with van der Waals surface area (Å²) in [5.41, 5.74) is 1.88. The van der Waals surface area contributed by atoms with Crippen molar-refractivity contribution in [3.8, 4) is 5.75 Å². The lowest BCUT2D eigenvalue weighted by molar-refractivity contribution is -0.157. The van der Waals surface area contributed by atoms with Crippen molar-refractivity contribution in [2.45, 2.75) is 38.9 Å². The van der Waals surface area contributed by atoms with Crippen molar-refractivity contribution in [2.24, 2.45) is 5.92 Å². The molecule has 0 aliphatic rings. The molecule has 1 rings (SSSR count). The van der Waals surface area contributed by atoms with Crippen molar-refractivity contribution in [1.82, 2.24) is 0 Å². The Morgan fingerprint density at radius 2 is 2.08 bits per heavy atom. The Labute approximate surface area is 142 Å². The van der Waals surface area contributed by atoms with Crippen LogP contribution in [0.4, 0.5) is 0 Å². The van der Waals surface area contributed by atoms with E-state index in [1.165, 1.54) is 6.08 Å². The second kappa shape index (κ2) is 9.90. The molecule has 0 bridgehead atoms. The number of aliphatic hydroxyl groups is 2. The van der Waals surface area contributed by atoms with E-state index in [-0.39, 0.29) is 12.4 Å². The lowest BCUT2D eigenvalue weighted by Crippen LogP contribution is -2.37. The number of esters is 1. The molecule has 132 valence electrons. The molecule has 0 fully saturated rings. The van der Waals surface area contributed by atoms with E-state index in [0.29, 0.717) is 12.8 Å². The summed E-state index contributed by atoms with van der Waals surface area (Å²) in [6.45, 7) is 7.32. The number of phenols is 1. The lowest BCUT2D eigenvalue weighted by atomic mass is 9.91. The van der Waals surface area contributed by atoms with Gasteiger partial charge in [-0.15, -0.1) is 6.58 Å². The quantitative estimate of drug-likeness (QED) is 0.477. The molecule has 0 aliphatic carbocycles. The van der Waals surface area contributed by atoms with Gasteiger partial charge in [0.2, 0.25) is 0 Å². The summed E-state index contributed by atoms with van der Waals surface area (Å²) in [6.07, 6.45) is 1.91. The van der Waals surface area contributed by atoms with Crippen molar-refractivity contribution >= 4 is 12.0 Å². The van der Waals surface area contributed by atoms with E-state index in [1.54, 1.807) is 25.1 Å². The number of phenolic OH excluding ortho intramolecular Hbond substituents is 1. The summed E-state index contributed by atoms with van der Waals surface area (Å²) in [4.78, 5) is 11.6. The van der Waals surface area contributed by atoms with Crippen LogP contribution in [0.15, 0.2) is 42.5 Å². The number of hydrogen-bond donors (Lipinski definition) is 3. The SMILES string of the molecule is C=C[C@H]([C@H](O)CC/C(C)=C/c1cccc(O)c1)[C@H](O)C(=O)OCC. The van der Waals surface area contributed by atoms with Crippen LogP contribution in [-0.4, -0.2) is 40.1 Å². The van der Waals surface area contributed by atoms with Gasteiger partial charge in [0.15, 0.2) is 6.10 Å². The number of carbonyl (C=O) groups excluding carboxylic acids is 1. The highest BCUT2D eigenvalue weighted by Crippen LogP contribution is 2.21. The molecule has 0 heterocycles. The molecular weight excluding hydrogens is 308 g/mol. The fourth-order valence-corrected chi connectivity index (χ4v) is 2.42. The number of aliphatic hydroxyl groups excluding tert-OH is 2. The van der Waals surface area contributed by atoms with E-state index in [2.05, 4.69) is 6.58 Å². The van der Waals surface area contributed by atoms with Crippen LogP contribution in [0.25, 0.3) is 6.08 Å². The van der Waals surface area contributed by atoms with Gasteiger partial charge in [0.1, 0.15) is 5.75 Å². The number of hydrogen-bond acceptors (Lipinski definition) is 5. The zero-order valence-electron chi connectivity index (χ0n) is 14.2. The molecule has 0 spiro atoms. The summed E-state index contributed by atoms with van der Waals surface area (Å²) in [7, 11) is 0. The fraction of sp³-hybridized carbons (Fsp3) is 0.421. The van der Waals surface area contributed by atoms with Crippen LogP contribution in [0.5, 0.6) is 5.75 Å². The Morgan fingerprint density at radius 1 is 1.38 bits per heavy atom. The maximum Gasteiger partial charge on any atom is 0.335 e. The van der Waals surface area contributed by atoms with Gasteiger partial charge in [-0.1, -0.05) is 29.9 Å². The zero-order valence-corrected chi connectivity index (χ0v) is 14.2. The Morgan fingerprint density at radius 3 is 2.67 bits per heavy atom. The maximum absolute atomic E-state index is 11.6. The summed E-state index contributed by atoms with van der Waals surface area (Å²) in [5.74, 6) is -1.34. The van der Waals surface area contributed by atoms with Crippen molar-refractivity contribution < 1.29 is 24.9 Å². The van der Waals surface area contributed by atoms with Crippen LogP contribution >= 0.6 is 0 Å². The van der Waals surface area contributed by atoms with Crippen LogP contribution in [0.2, 0.25) is 0 Å². The molecule has 0 amide bonds. The first-order valence-electron chi connectivity index (χ1n) is 8.00. The number of carbonyl (C=O) groups is 1. The molecule has 0 aromatic heterocycles. The second-order valence-corrected chi connectivity index (χ2v) is 5.70. The van der Waals surface area contributed by atoms with E-state index >= 15 is 0 Å². The van der Waals surface area contributed by atoms with Crippen LogP contribution < -0.4 is 0 Å². The van der Waals surface area contributed by atoms with Gasteiger partial charge in [0, 0.05) is 5.92 Å². The molecule has 0 saturated heterocycles. The number of rotatable bonds is 9. The first kappa shape index (κ1) is 19.9. The minimum atomic E-state index is -1.42. The van der Waals surface area contributed by atoms with Gasteiger partial charge < -0.3 is 20.1 Å². The molecule has 0 aliphatic heterocycles. The predicted octanol–water partition coefficient (Wildman–Crippen LogP) is 2.66. The standard InChI is InChI=1S/C19H26O5/c1-4-16(18(22)19(23)24-5-2)17(21)10-9-13(3)11-14-7-6-8-15(20)12-14/h4,6-8,11-12,16-18,20-22H,1,5,9-10H2,2-3H3/b13-11+/t16-,17-,18+/m1/s1. The monoisotopic (exact) mass is 334 g/mol. The smallest absolute Gasteiger partial charge is 0.335 e. The maximum atomic E-state index is 11.6. The third-order valence-electron chi connectivity index (χ3n) is 3.73. The normalized spacial score (nSPS) is 15.4. The number of benzene rings is 1. The topological polar surface area (TPSA) is 87.0 Å². The molecule has 3 N–H and O–H groups in total. The highest BCUT2D eigenvalue weighted by Gasteiger charge is 2.30. The van der Waals surface area contributed by atoms with Crippen molar-refractivity contribution in [1.29, 1.82) is 0 Å². The zero-order chi connectivity index (χ0) is 18.1. The highest BCUT2D eigenvalue weighted by atomic mass is 16.5. The van der Waals surface area contributed by atoms with E-state index in [0.717, 1.165) is 11.1 Å². The molecule has 5 heteroatoms. The molecule has 1 aromatic carbocycles. The van der Waals surface area contributed by atoms with Crippen LogP contribution in [0.3, 0.4) is 0 Å². The van der Waals surface area contributed by atoms with Crippen LogP contribution in [-0.2, 0) is 9.53 Å². The van der Waals surface area contributed by atoms with Gasteiger partial charge in [-0.25, -0.2) is 4.79 Å². The average molecular weight is 334 g/mol. The first-order chi connectivity index (χ1) is 11.4. The predicted molar refractivity (Wildman–Crippen MR) is 93.3 cm³/mol. The average Bonchev–Trinajstić information content (AvgIpc) is 2.53. The van der Waals surface area contributed by atoms with Crippen molar-refractivity contribution in [2.75, 3.05) is 6.61 Å². The number of ether oxygens (including phenoxy) is 1. The van der Waals surface area contributed by atoms with Crippen molar-refractivity contribution in [3.63, 3.8) is 0 Å². The molecule has 1 aromatic rings. The molecule has 24 heavy (non-hydrogen) atoms. The Balaban J connectivity index is 2.63. The van der Waals surface area contributed by atoms with Gasteiger partial charge in [-0.2, -0.15) is 0 Å². The van der Waals surface area contributed by atoms with E-state index in [9.17, 15) is 20.1 Å². The largest absolute Gasteiger partial charge is 0.508 e. The number of aromatic hydroxyl groups is 1. The first-order valence-corrected chi connectivity index (χ1v) is 8.00. The van der Waals surface area contributed by atoms with Crippen molar-refractivity contribution in [3.05, 3.63) is 48.1 Å². The fourth-order valence-electron chi connectivity index (χ4n) is 2.42. The van der Waals surface area contributed by atoms with Crippen LogP contribution in [0, 0.1) is 5.92 Å². The molecule has 5 nitrogen and oxygen atoms in total. The van der Waals surface area contributed by atoms with E-state index < -0.39 is 24.1 Å². The van der Waals surface area contributed by atoms with E-state index in [1.807, 2.05) is 19.1 Å². The third kappa shape index (κ3) is 6.18. The highest BCUT2D eigenvalue weighted by molar-refractivity contribution is 5.75.